The maximum atomic E-state index is 14.7. The first-order valence-corrected chi connectivity index (χ1v) is 9.56. The van der Waals surface area contributed by atoms with Gasteiger partial charge in [-0.25, -0.2) is 13.8 Å². The van der Waals surface area contributed by atoms with Crippen LogP contribution in [0.2, 0.25) is 0 Å². The summed E-state index contributed by atoms with van der Waals surface area (Å²) in [5.74, 6) is -1.68. The number of benzene rings is 1. The van der Waals surface area contributed by atoms with Crippen molar-refractivity contribution in [3.63, 3.8) is 0 Å². The van der Waals surface area contributed by atoms with E-state index in [1.54, 1.807) is 12.1 Å². The molecule has 28 heavy (non-hydrogen) atoms. The van der Waals surface area contributed by atoms with Crippen LogP contribution in [0.5, 0.6) is 0 Å². The van der Waals surface area contributed by atoms with Crippen molar-refractivity contribution in [3.05, 3.63) is 69.4 Å². The smallest absolute Gasteiger partial charge is 0.247 e. The third-order valence-electron chi connectivity index (χ3n) is 4.46. The second-order valence-corrected chi connectivity index (χ2v) is 8.40. The van der Waals surface area contributed by atoms with Crippen LogP contribution in [0.25, 0.3) is 0 Å². The van der Waals surface area contributed by atoms with E-state index in [0.717, 1.165) is 29.6 Å². The third-order valence-corrected chi connectivity index (χ3v) is 5.73. The van der Waals surface area contributed by atoms with Crippen molar-refractivity contribution in [3.8, 4) is 0 Å². The molecular formula is C20H21F2N3O2S. The second-order valence-electron chi connectivity index (χ2n) is 7.18. The molecule has 1 atom stereocenters. The van der Waals surface area contributed by atoms with Gasteiger partial charge in [0, 0.05) is 22.1 Å². The fourth-order valence-corrected chi connectivity index (χ4v) is 4.35. The Bertz CT molecular complexity index is 947. The van der Waals surface area contributed by atoms with Crippen LogP contribution in [0.3, 0.4) is 0 Å². The summed E-state index contributed by atoms with van der Waals surface area (Å²) in [5, 5.41) is 12.8. The van der Waals surface area contributed by atoms with Crippen molar-refractivity contribution in [2.45, 2.75) is 38.0 Å². The number of anilines is 1. The molecule has 1 aliphatic rings. The highest BCUT2D eigenvalue weighted by Crippen LogP contribution is 2.49. The summed E-state index contributed by atoms with van der Waals surface area (Å²) in [7, 11) is 0. The quantitative estimate of drug-likeness (QED) is 0.703. The molecule has 1 aliphatic heterocycles. The molecule has 0 saturated heterocycles. The number of nitrogens with one attached hydrogen (secondary N) is 1. The Labute approximate surface area is 166 Å². The van der Waals surface area contributed by atoms with Gasteiger partial charge in [0.05, 0.1) is 10.6 Å². The third kappa shape index (κ3) is 4.18. The monoisotopic (exact) mass is 405 g/mol. The van der Waals surface area contributed by atoms with E-state index in [2.05, 4.69) is 10.3 Å². The number of pyridine rings is 1. The zero-order chi connectivity index (χ0) is 20.6. The zero-order valence-electron chi connectivity index (χ0n) is 15.7. The number of hydrogen-bond acceptors (Lipinski definition) is 5. The molecule has 0 spiro atoms. The average Bonchev–Trinajstić information content (AvgIpc) is 2.97. The highest BCUT2D eigenvalue weighted by atomic mass is 32.2. The zero-order valence-corrected chi connectivity index (χ0v) is 16.5. The van der Waals surface area contributed by atoms with E-state index in [0.29, 0.717) is 10.8 Å². The van der Waals surface area contributed by atoms with Gasteiger partial charge in [-0.1, -0.05) is 17.8 Å². The lowest BCUT2D eigenvalue weighted by atomic mass is 9.94. The van der Waals surface area contributed by atoms with E-state index in [-0.39, 0.29) is 23.1 Å². The molecule has 1 unspecified atom stereocenters. The molecule has 8 heteroatoms. The SMILES string of the molecule is Cc1cccc(NC2=C(C(N)=O)CC(c3c(F)cc(C(C)(C)O)cc3F)S2)n1. The summed E-state index contributed by atoms with van der Waals surface area (Å²) in [4.78, 5) is 16.2. The van der Waals surface area contributed by atoms with Gasteiger partial charge in [0.1, 0.15) is 17.5 Å². The minimum Gasteiger partial charge on any atom is -0.386 e. The Morgan fingerprint density at radius 3 is 2.50 bits per heavy atom. The minimum absolute atomic E-state index is 0.0872. The topological polar surface area (TPSA) is 88.2 Å². The summed E-state index contributed by atoms with van der Waals surface area (Å²) in [6.45, 7) is 4.73. The molecule has 0 radical (unpaired) electrons. The second kappa shape index (κ2) is 7.52. The summed E-state index contributed by atoms with van der Waals surface area (Å²) < 4.78 is 29.4. The Kier molecular flexibility index (Phi) is 5.45. The van der Waals surface area contributed by atoms with E-state index < -0.39 is 28.4 Å². The van der Waals surface area contributed by atoms with Crippen LogP contribution in [-0.2, 0) is 10.4 Å². The number of aryl methyl sites for hydroxylation is 1. The molecule has 0 saturated carbocycles. The number of amides is 1. The van der Waals surface area contributed by atoms with Crippen LogP contribution in [0.1, 0.15) is 42.3 Å². The lowest BCUT2D eigenvalue weighted by Gasteiger charge is -2.20. The minimum atomic E-state index is -1.37. The van der Waals surface area contributed by atoms with Crippen molar-refractivity contribution in [1.82, 2.24) is 4.98 Å². The molecule has 1 aromatic carbocycles. The summed E-state index contributed by atoms with van der Waals surface area (Å²) in [6.07, 6.45) is 0.0872. The number of halogens is 2. The van der Waals surface area contributed by atoms with Crippen LogP contribution in [0.15, 0.2) is 40.9 Å². The molecule has 5 nitrogen and oxygen atoms in total. The number of nitrogens with zero attached hydrogens (tertiary/aromatic N) is 1. The van der Waals surface area contributed by atoms with Gasteiger partial charge in [-0.05, 0) is 57.0 Å². The predicted octanol–water partition coefficient (Wildman–Crippen LogP) is 3.88. The van der Waals surface area contributed by atoms with Gasteiger partial charge in [-0.3, -0.25) is 4.79 Å². The van der Waals surface area contributed by atoms with Gasteiger partial charge in [0.2, 0.25) is 5.91 Å². The standard InChI is InChI=1S/C20H21F2N3O2S/c1-10-5-4-6-16(24-10)25-19-12(18(23)26)9-15(28-19)17-13(21)7-11(8-14(17)22)20(2,3)27/h4-8,15,27H,9H2,1-3H3,(H2,23,26)(H,24,25). The fourth-order valence-electron chi connectivity index (χ4n) is 2.99. The molecule has 3 rings (SSSR count). The van der Waals surface area contributed by atoms with Gasteiger partial charge in [0.25, 0.3) is 0 Å². The van der Waals surface area contributed by atoms with Crippen molar-refractivity contribution in [2.75, 3.05) is 5.32 Å². The fraction of sp³-hybridized carbons (Fsp3) is 0.300. The van der Waals surface area contributed by atoms with Crippen LogP contribution in [0.4, 0.5) is 14.6 Å². The number of aliphatic hydroxyl groups is 1. The highest BCUT2D eigenvalue weighted by Gasteiger charge is 2.34. The molecule has 0 aliphatic carbocycles. The highest BCUT2D eigenvalue weighted by molar-refractivity contribution is 8.03. The van der Waals surface area contributed by atoms with Crippen molar-refractivity contribution in [2.24, 2.45) is 5.73 Å². The maximum Gasteiger partial charge on any atom is 0.247 e. The number of thioether (sulfide) groups is 1. The van der Waals surface area contributed by atoms with E-state index in [1.807, 2.05) is 13.0 Å². The van der Waals surface area contributed by atoms with Gasteiger partial charge in [-0.2, -0.15) is 0 Å². The van der Waals surface area contributed by atoms with Crippen LogP contribution in [-0.4, -0.2) is 16.0 Å². The van der Waals surface area contributed by atoms with Crippen LogP contribution >= 0.6 is 11.8 Å². The van der Waals surface area contributed by atoms with Gasteiger partial charge in [0.15, 0.2) is 0 Å². The number of rotatable bonds is 5. The number of aromatic nitrogens is 1. The number of primary amides is 1. The molecule has 0 fully saturated rings. The number of carbonyl (C=O) groups is 1. The van der Waals surface area contributed by atoms with E-state index in [4.69, 9.17) is 5.73 Å². The molecule has 0 bridgehead atoms. The first-order chi connectivity index (χ1) is 13.1. The van der Waals surface area contributed by atoms with Gasteiger partial charge >= 0.3 is 0 Å². The molecule has 1 aromatic heterocycles. The van der Waals surface area contributed by atoms with E-state index >= 15 is 0 Å². The Morgan fingerprint density at radius 1 is 1.32 bits per heavy atom. The lowest BCUT2D eigenvalue weighted by molar-refractivity contribution is -0.114. The molecule has 148 valence electrons. The molecule has 2 aromatic rings. The average molecular weight is 405 g/mol. The Morgan fingerprint density at radius 2 is 1.96 bits per heavy atom. The number of hydrogen-bond donors (Lipinski definition) is 3. The number of carbonyl (C=O) groups excluding carboxylic acids is 1. The number of nitrogens with two attached hydrogens (primary N) is 1. The van der Waals surface area contributed by atoms with Gasteiger partial charge < -0.3 is 16.2 Å². The normalized spacial score (nSPS) is 17.1. The maximum absolute atomic E-state index is 14.7. The molecule has 4 N–H and O–H groups in total. The van der Waals surface area contributed by atoms with E-state index in [9.17, 15) is 18.7 Å². The Hall–Kier alpha value is -2.45. The Balaban J connectivity index is 1.92. The predicted molar refractivity (Wildman–Crippen MR) is 105 cm³/mol. The van der Waals surface area contributed by atoms with Crippen molar-refractivity contribution >= 4 is 23.5 Å². The van der Waals surface area contributed by atoms with Crippen LogP contribution < -0.4 is 11.1 Å². The van der Waals surface area contributed by atoms with E-state index in [1.165, 1.54) is 13.8 Å². The van der Waals surface area contributed by atoms with Crippen molar-refractivity contribution in [1.29, 1.82) is 0 Å². The summed E-state index contributed by atoms with van der Waals surface area (Å²) >= 11 is 1.13. The summed E-state index contributed by atoms with van der Waals surface area (Å²) in [6, 6.07) is 7.60. The van der Waals surface area contributed by atoms with Gasteiger partial charge in [-0.15, -0.1) is 0 Å². The summed E-state index contributed by atoms with van der Waals surface area (Å²) in [5.41, 5.74) is 5.15. The molecular weight excluding hydrogens is 384 g/mol. The van der Waals surface area contributed by atoms with Crippen molar-refractivity contribution < 1.29 is 18.7 Å². The molecule has 2 heterocycles. The largest absolute Gasteiger partial charge is 0.386 e. The molecule has 1 amide bonds. The van der Waals surface area contributed by atoms with Crippen LogP contribution in [0, 0.1) is 18.6 Å². The first kappa shape index (κ1) is 20.3. The lowest BCUT2D eigenvalue weighted by Crippen LogP contribution is -2.17. The first-order valence-electron chi connectivity index (χ1n) is 8.68.